The molecule has 2 aromatic heterocycles. The van der Waals surface area contributed by atoms with Crippen LogP contribution in [0.5, 0.6) is 5.88 Å². The van der Waals surface area contributed by atoms with Crippen molar-refractivity contribution in [1.82, 2.24) is 14.1 Å². The smallest absolute Gasteiger partial charge is 0.328 e. The standard InChI is InChI=1S/C13H17N3O2/c1-10(2)16-8-7-15(13(16)17)9-11-5-4-6-14-12(11)18-3/h4-8,10H,9H2,1-3H3. The van der Waals surface area contributed by atoms with Crippen LogP contribution in [0.3, 0.4) is 0 Å². The van der Waals surface area contributed by atoms with E-state index in [0.717, 1.165) is 5.56 Å². The summed E-state index contributed by atoms with van der Waals surface area (Å²) in [4.78, 5) is 16.2. The highest BCUT2D eigenvalue weighted by Gasteiger charge is 2.09. The van der Waals surface area contributed by atoms with Crippen LogP contribution in [0.25, 0.3) is 0 Å². The van der Waals surface area contributed by atoms with Crippen LogP contribution in [0.2, 0.25) is 0 Å². The van der Waals surface area contributed by atoms with Gasteiger partial charge < -0.3 is 4.74 Å². The van der Waals surface area contributed by atoms with E-state index in [0.29, 0.717) is 12.4 Å². The fourth-order valence-corrected chi connectivity index (χ4v) is 1.85. The molecule has 5 nitrogen and oxygen atoms in total. The topological polar surface area (TPSA) is 49.0 Å². The Labute approximate surface area is 106 Å². The Bertz CT molecular complexity index is 584. The van der Waals surface area contributed by atoms with Crippen molar-refractivity contribution in [3.05, 3.63) is 46.8 Å². The summed E-state index contributed by atoms with van der Waals surface area (Å²) in [6, 6.07) is 3.90. The highest BCUT2D eigenvalue weighted by atomic mass is 16.5. The Hall–Kier alpha value is -2.04. The average Bonchev–Trinajstić information content (AvgIpc) is 2.72. The Morgan fingerprint density at radius 1 is 1.39 bits per heavy atom. The number of methoxy groups -OCH3 is 1. The molecule has 2 heterocycles. The van der Waals surface area contributed by atoms with Gasteiger partial charge in [-0.3, -0.25) is 9.13 Å². The molecule has 0 unspecified atom stereocenters. The fourth-order valence-electron chi connectivity index (χ4n) is 1.85. The van der Waals surface area contributed by atoms with Crippen LogP contribution in [0.1, 0.15) is 25.5 Å². The van der Waals surface area contributed by atoms with Crippen molar-refractivity contribution in [2.24, 2.45) is 0 Å². The van der Waals surface area contributed by atoms with Gasteiger partial charge in [0, 0.05) is 30.2 Å². The van der Waals surface area contributed by atoms with Gasteiger partial charge in [-0.1, -0.05) is 6.07 Å². The van der Waals surface area contributed by atoms with Gasteiger partial charge in [0.2, 0.25) is 5.88 Å². The third-order valence-electron chi connectivity index (χ3n) is 2.81. The molecule has 2 aromatic rings. The van der Waals surface area contributed by atoms with E-state index in [9.17, 15) is 4.79 Å². The zero-order chi connectivity index (χ0) is 13.1. The average molecular weight is 247 g/mol. The lowest BCUT2D eigenvalue weighted by Crippen LogP contribution is -2.25. The molecular formula is C13H17N3O2. The molecular weight excluding hydrogens is 230 g/mol. The Morgan fingerprint density at radius 2 is 2.17 bits per heavy atom. The van der Waals surface area contributed by atoms with Crippen LogP contribution < -0.4 is 10.4 Å². The van der Waals surface area contributed by atoms with Crippen molar-refractivity contribution in [1.29, 1.82) is 0 Å². The lowest BCUT2D eigenvalue weighted by molar-refractivity contribution is 0.390. The van der Waals surface area contributed by atoms with Gasteiger partial charge in [0.25, 0.3) is 0 Å². The van der Waals surface area contributed by atoms with Gasteiger partial charge in [0.05, 0.1) is 13.7 Å². The Morgan fingerprint density at radius 3 is 2.78 bits per heavy atom. The summed E-state index contributed by atoms with van der Waals surface area (Å²) in [6.45, 7) is 4.43. The normalized spacial score (nSPS) is 10.9. The number of hydrogen-bond acceptors (Lipinski definition) is 3. The van der Waals surface area contributed by atoms with E-state index in [1.807, 2.05) is 26.0 Å². The largest absolute Gasteiger partial charge is 0.481 e. The lowest BCUT2D eigenvalue weighted by Gasteiger charge is -2.07. The van der Waals surface area contributed by atoms with E-state index in [4.69, 9.17) is 4.74 Å². The second-order valence-corrected chi connectivity index (χ2v) is 4.38. The van der Waals surface area contributed by atoms with E-state index in [1.165, 1.54) is 0 Å². The third-order valence-corrected chi connectivity index (χ3v) is 2.81. The molecule has 0 saturated heterocycles. The number of aromatic nitrogens is 3. The summed E-state index contributed by atoms with van der Waals surface area (Å²) in [5.74, 6) is 0.557. The molecule has 2 rings (SSSR count). The van der Waals surface area contributed by atoms with E-state index in [-0.39, 0.29) is 11.7 Å². The van der Waals surface area contributed by atoms with Crippen LogP contribution in [0.4, 0.5) is 0 Å². The molecule has 0 aliphatic heterocycles. The second-order valence-electron chi connectivity index (χ2n) is 4.38. The molecule has 0 fully saturated rings. The molecule has 0 aliphatic carbocycles. The quantitative estimate of drug-likeness (QED) is 0.826. The fraction of sp³-hybridized carbons (Fsp3) is 0.385. The predicted molar refractivity (Wildman–Crippen MR) is 69.0 cm³/mol. The monoisotopic (exact) mass is 247 g/mol. The van der Waals surface area contributed by atoms with Crippen LogP contribution in [0.15, 0.2) is 35.5 Å². The first kappa shape index (κ1) is 12.4. The van der Waals surface area contributed by atoms with Crippen molar-refractivity contribution >= 4 is 0 Å². The number of nitrogens with zero attached hydrogens (tertiary/aromatic N) is 3. The molecule has 0 amide bonds. The number of rotatable bonds is 4. The molecule has 0 bridgehead atoms. The maximum atomic E-state index is 12.1. The summed E-state index contributed by atoms with van der Waals surface area (Å²) in [7, 11) is 1.58. The Balaban J connectivity index is 2.32. The summed E-state index contributed by atoms with van der Waals surface area (Å²) < 4.78 is 8.53. The first-order chi connectivity index (χ1) is 8.63. The highest BCUT2D eigenvalue weighted by Crippen LogP contribution is 2.14. The van der Waals surface area contributed by atoms with Crippen LogP contribution in [-0.4, -0.2) is 21.2 Å². The molecule has 0 aromatic carbocycles. The van der Waals surface area contributed by atoms with Gasteiger partial charge in [-0.2, -0.15) is 0 Å². The zero-order valence-corrected chi connectivity index (χ0v) is 10.8. The minimum atomic E-state index is -0.0177. The predicted octanol–water partition coefficient (Wildman–Crippen LogP) is 1.68. The molecule has 0 spiro atoms. The summed E-state index contributed by atoms with van der Waals surface area (Å²) >= 11 is 0. The third kappa shape index (κ3) is 2.30. The molecule has 0 N–H and O–H groups in total. The molecule has 0 radical (unpaired) electrons. The molecule has 5 heteroatoms. The first-order valence-electron chi connectivity index (χ1n) is 5.88. The summed E-state index contributed by atoms with van der Waals surface area (Å²) in [5, 5.41) is 0. The number of ether oxygens (including phenoxy) is 1. The minimum Gasteiger partial charge on any atom is -0.481 e. The first-order valence-corrected chi connectivity index (χ1v) is 5.88. The summed E-state index contributed by atoms with van der Waals surface area (Å²) in [5.41, 5.74) is 0.875. The molecule has 0 saturated carbocycles. The van der Waals surface area contributed by atoms with Gasteiger partial charge >= 0.3 is 5.69 Å². The second kappa shape index (κ2) is 5.08. The van der Waals surface area contributed by atoms with E-state index in [1.54, 1.807) is 34.8 Å². The van der Waals surface area contributed by atoms with Crippen molar-refractivity contribution in [3.8, 4) is 5.88 Å². The number of imidazole rings is 1. The maximum absolute atomic E-state index is 12.1. The van der Waals surface area contributed by atoms with Gasteiger partial charge in [-0.05, 0) is 19.9 Å². The van der Waals surface area contributed by atoms with Gasteiger partial charge in [0.15, 0.2) is 0 Å². The summed E-state index contributed by atoms with van der Waals surface area (Å²) in [6.07, 6.45) is 5.26. The SMILES string of the molecule is COc1ncccc1Cn1ccn(C(C)C)c1=O. The maximum Gasteiger partial charge on any atom is 0.328 e. The van der Waals surface area contributed by atoms with Crippen molar-refractivity contribution in [3.63, 3.8) is 0 Å². The highest BCUT2D eigenvalue weighted by molar-refractivity contribution is 5.25. The van der Waals surface area contributed by atoms with E-state index >= 15 is 0 Å². The molecule has 0 atom stereocenters. The van der Waals surface area contributed by atoms with Crippen LogP contribution in [0, 0.1) is 0 Å². The van der Waals surface area contributed by atoms with Crippen molar-refractivity contribution in [2.75, 3.05) is 7.11 Å². The molecule has 18 heavy (non-hydrogen) atoms. The zero-order valence-electron chi connectivity index (χ0n) is 10.8. The van der Waals surface area contributed by atoms with Crippen LogP contribution >= 0.6 is 0 Å². The van der Waals surface area contributed by atoms with Crippen molar-refractivity contribution in [2.45, 2.75) is 26.4 Å². The molecule has 96 valence electrons. The van der Waals surface area contributed by atoms with Gasteiger partial charge in [-0.25, -0.2) is 9.78 Å². The Kier molecular flexibility index (Phi) is 3.50. The van der Waals surface area contributed by atoms with E-state index < -0.39 is 0 Å². The van der Waals surface area contributed by atoms with E-state index in [2.05, 4.69) is 4.98 Å². The van der Waals surface area contributed by atoms with Gasteiger partial charge in [-0.15, -0.1) is 0 Å². The number of hydrogen-bond donors (Lipinski definition) is 0. The van der Waals surface area contributed by atoms with Gasteiger partial charge in [0.1, 0.15) is 0 Å². The van der Waals surface area contributed by atoms with Crippen LogP contribution in [-0.2, 0) is 6.54 Å². The molecule has 0 aliphatic rings. The van der Waals surface area contributed by atoms with Crippen molar-refractivity contribution < 1.29 is 4.74 Å². The minimum absolute atomic E-state index is 0.0177. The number of pyridine rings is 1. The lowest BCUT2D eigenvalue weighted by atomic mass is 10.2.